The number of nitrogens with one attached hydrogen (secondary N) is 2. The lowest BCUT2D eigenvalue weighted by molar-refractivity contribution is 0.247. The molecule has 0 spiro atoms. The average Bonchev–Trinajstić information content (AvgIpc) is 3.25. The van der Waals surface area contributed by atoms with Crippen molar-refractivity contribution in [1.29, 1.82) is 0 Å². The summed E-state index contributed by atoms with van der Waals surface area (Å²) >= 11 is 1.76. The summed E-state index contributed by atoms with van der Waals surface area (Å²) in [4.78, 5) is 12.5. The van der Waals surface area contributed by atoms with Gasteiger partial charge >= 0.3 is 0 Å². The first-order valence-electron chi connectivity index (χ1n) is 7.74. The molecule has 0 aliphatic heterocycles. The van der Waals surface area contributed by atoms with Gasteiger partial charge in [-0.05, 0) is 33.2 Å². The summed E-state index contributed by atoms with van der Waals surface area (Å²) in [5, 5.41) is 7.84. The van der Waals surface area contributed by atoms with Crippen molar-refractivity contribution in [3.8, 4) is 0 Å². The fraction of sp³-hybridized carbons (Fsp3) is 0.733. The number of aliphatic imine (C=N–C) groups is 1. The molecular formula is C15H27N5S. The largest absolute Gasteiger partial charge is 0.355 e. The number of guanidine groups is 1. The van der Waals surface area contributed by atoms with Crippen LogP contribution in [0.3, 0.4) is 0 Å². The Kier molecular flexibility index (Phi) is 5.99. The molecule has 0 aromatic carbocycles. The third-order valence-corrected chi connectivity index (χ3v) is 5.11. The van der Waals surface area contributed by atoms with Crippen molar-refractivity contribution in [3.63, 3.8) is 0 Å². The summed E-state index contributed by atoms with van der Waals surface area (Å²) in [6.45, 7) is 6.05. The molecule has 1 aliphatic carbocycles. The van der Waals surface area contributed by atoms with Gasteiger partial charge in [-0.2, -0.15) is 0 Å². The van der Waals surface area contributed by atoms with Crippen LogP contribution in [0.25, 0.3) is 0 Å². The van der Waals surface area contributed by atoms with Gasteiger partial charge in [-0.15, -0.1) is 11.3 Å². The number of nitrogens with zero attached hydrogens (tertiary/aromatic N) is 3. The number of thiazole rings is 1. The zero-order chi connectivity index (χ0) is 15.2. The number of aromatic nitrogens is 1. The van der Waals surface area contributed by atoms with Crippen LogP contribution < -0.4 is 10.6 Å². The number of hydrogen-bond donors (Lipinski definition) is 2. The van der Waals surface area contributed by atoms with Crippen molar-refractivity contribution in [2.75, 3.05) is 20.6 Å². The lowest BCUT2D eigenvalue weighted by Gasteiger charge is -2.25. The highest BCUT2D eigenvalue weighted by molar-refractivity contribution is 7.11. The van der Waals surface area contributed by atoms with Crippen molar-refractivity contribution in [2.24, 2.45) is 4.99 Å². The van der Waals surface area contributed by atoms with Crippen LogP contribution >= 0.6 is 11.3 Å². The molecule has 0 bridgehead atoms. The van der Waals surface area contributed by atoms with E-state index in [2.05, 4.69) is 46.4 Å². The smallest absolute Gasteiger partial charge is 0.191 e. The first-order chi connectivity index (χ1) is 10.1. The summed E-state index contributed by atoms with van der Waals surface area (Å²) in [6.07, 6.45) is 5.70. The van der Waals surface area contributed by atoms with Crippen molar-refractivity contribution in [3.05, 3.63) is 16.1 Å². The Morgan fingerprint density at radius 1 is 1.52 bits per heavy atom. The van der Waals surface area contributed by atoms with E-state index in [1.165, 1.54) is 17.7 Å². The SMILES string of the molecule is CCc1cnc(CNC(=NC)NCC(C)N(C)C2CC2)s1. The fourth-order valence-electron chi connectivity index (χ4n) is 2.20. The summed E-state index contributed by atoms with van der Waals surface area (Å²) in [5.74, 6) is 0.847. The zero-order valence-corrected chi connectivity index (χ0v) is 14.3. The second-order valence-electron chi connectivity index (χ2n) is 5.63. The maximum atomic E-state index is 4.41. The molecule has 0 amide bonds. The molecule has 0 saturated heterocycles. The molecule has 1 fully saturated rings. The van der Waals surface area contributed by atoms with Gasteiger partial charge in [0.05, 0.1) is 6.54 Å². The Morgan fingerprint density at radius 3 is 2.86 bits per heavy atom. The Bertz CT molecular complexity index is 466. The maximum Gasteiger partial charge on any atom is 0.191 e. The molecule has 1 atom stereocenters. The van der Waals surface area contributed by atoms with Crippen LogP contribution in [0.1, 0.15) is 36.6 Å². The predicted molar refractivity (Wildman–Crippen MR) is 89.9 cm³/mol. The van der Waals surface area contributed by atoms with E-state index >= 15 is 0 Å². The van der Waals surface area contributed by atoms with Crippen LogP contribution in [0, 0.1) is 0 Å². The van der Waals surface area contributed by atoms with Crippen molar-refractivity contribution in [2.45, 2.75) is 51.7 Å². The molecule has 2 rings (SSSR count). The molecule has 0 radical (unpaired) electrons. The van der Waals surface area contributed by atoms with Gasteiger partial charge in [0.15, 0.2) is 5.96 Å². The Morgan fingerprint density at radius 2 is 2.29 bits per heavy atom. The number of rotatable bonds is 7. The molecule has 1 heterocycles. The van der Waals surface area contributed by atoms with E-state index in [-0.39, 0.29) is 0 Å². The molecule has 5 nitrogen and oxygen atoms in total. The molecule has 2 N–H and O–H groups in total. The highest BCUT2D eigenvalue weighted by Crippen LogP contribution is 2.26. The molecule has 1 unspecified atom stereocenters. The predicted octanol–water partition coefficient (Wildman–Crippen LogP) is 1.85. The standard InChI is InChI=1S/C15H27N5S/c1-5-13-9-17-14(21-13)10-19-15(16-3)18-8-11(2)20(4)12-6-7-12/h9,11-12H,5-8,10H2,1-4H3,(H2,16,18,19). The number of hydrogen-bond acceptors (Lipinski definition) is 4. The third-order valence-electron chi connectivity index (χ3n) is 3.96. The van der Waals surface area contributed by atoms with Gasteiger partial charge in [0.1, 0.15) is 5.01 Å². The van der Waals surface area contributed by atoms with Crippen LogP contribution in [0.15, 0.2) is 11.2 Å². The maximum absolute atomic E-state index is 4.41. The number of likely N-dealkylation sites (N-methyl/N-ethyl adjacent to an activating group) is 1. The van der Waals surface area contributed by atoms with Gasteiger partial charge in [0.2, 0.25) is 0 Å². The minimum absolute atomic E-state index is 0.516. The second kappa shape index (κ2) is 7.75. The molecular weight excluding hydrogens is 282 g/mol. The van der Waals surface area contributed by atoms with Crippen LogP contribution in [-0.4, -0.2) is 48.6 Å². The molecule has 1 saturated carbocycles. The van der Waals surface area contributed by atoms with Gasteiger partial charge in [0.25, 0.3) is 0 Å². The Hall–Kier alpha value is -1.14. The van der Waals surface area contributed by atoms with E-state index in [0.29, 0.717) is 6.04 Å². The summed E-state index contributed by atoms with van der Waals surface area (Å²) < 4.78 is 0. The molecule has 1 aromatic heterocycles. The van der Waals surface area contributed by atoms with Crippen LogP contribution in [0.5, 0.6) is 0 Å². The highest BCUT2D eigenvalue weighted by Gasteiger charge is 2.28. The van der Waals surface area contributed by atoms with E-state index in [4.69, 9.17) is 0 Å². The average molecular weight is 309 g/mol. The van der Waals surface area contributed by atoms with Gasteiger partial charge < -0.3 is 10.6 Å². The molecule has 1 aliphatic rings. The van der Waals surface area contributed by atoms with Crippen molar-refractivity contribution < 1.29 is 0 Å². The summed E-state index contributed by atoms with van der Waals surface area (Å²) in [6, 6.07) is 1.31. The van der Waals surface area contributed by atoms with Gasteiger partial charge in [-0.25, -0.2) is 4.98 Å². The highest BCUT2D eigenvalue weighted by atomic mass is 32.1. The van der Waals surface area contributed by atoms with Crippen LogP contribution in [-0.2, 0) is 13.0 Å². The first kappa shape index (κ1) is 16.2. The zero-order valence-electron chi connectivity index (χ0n) is 13.5. The normalized spacial score (nSPS) is 17.1. The quantitative estimate of drug-likeness (QED) is 0.596. The van der Waals surface area contributed by atoms with E-state index in [9.17, 15) is 0 Å². The topological polar surface area (TPSA) is 52.6 Å². The molecule has 1 aromatic rings. The van der Waals surface area contributed by atoms with Gasteiger partial charge in [-0.1, -0.05) is 6.92 Å². The van der Waals surface area contributed by atoms with Gasteiger partial charge in [-0.3, -0.25) is 9.89 Å². The fourth-order valence-corrected chi connectivity index (χ4v) is 3.01. The van der Waals surface area contributed by atoms with E-state index < -0.39 is 0 Å². The minimum atomic E-state index is 0.516. The lowest BCUT2D eigenvalue weighted by atomic mass is 10.3. The monoisotopic (exact) mass is 309 g/mol. The molecule has 21 heavy (non-hydrogen) atoms. The summed E-state index contributed by atoms with van der Waals surface area (Å²) in [5.41, 5.74) is 0. The van der Waals surface area contributed by atoms with E-state index in [1.807, 2.05) is 13.2 Å². The van der Waals surface area contributed by atoms with Crippen molar-refractivity contribution >= 4 is 17.3 Å². The van der Waals surface area contributed by atoms with Gasteiger partial charge in [0, 0.05) is 36.8 Å². The minimum Gasteiger partial charge on any atom is -0.355 e. The molecule has 118 valence electrons. The number of aryl methyl sites for hydroxylation is 1. The van der Waals surface area contributed by atoms with E-state index in [0.717, 1.165) is 36.5 Å². The van der Waals surface area contributed by atoms with E-state index in [1.54, 1.807) is 11.3 Å². The summed E-state index contributed by atoms with van der Waals surface area (Å²) in [7, 11) is 4.02. The van der Waals surface area contributed by atoms with Crippen LogP contribution in [0.4, 0.5) is 0 Å². The first-order valence-corrected chi connectivity index (χ1v) is 8.55. The Labute approximate surface area is 131 Å². The van der Waals surface area contributed by atoms with Crippen molar-refractivity contribution in [1.82, 2.24) is 20.5 Å². The Balaban J connectivity index is 1.72. The third kappa shape index (κ3) is 4.97. The lowest BCUT2D eigenvalue weighted by Crippen LogP contribution is -2.45. The van der Waals surface area contributed by atoms with Crippen LogP contribution in [0.2, 0.25) is 0 Å². The molecule has 6 heteroatoms. The second-order valence-corrected chi connectivity index (χ2v) is 6.83.